The van der Waals surface area contributed by atoms with Crippen LogP contribution in [0.1, 0.15) is 28.7 Å². The van der Waals surface area contributed by atoms with Gasteiger partial charge in [-0.1, -0.05) is 5.16 Å². The first-order valence-corrected chi connectivity index (χ1v) is 6.61. The van der Waals surface area contributed by atoms with Crippen molar-refractivity contribution in [1.82, 2.24) is 15.4 Å². The van der Waals surface area contributed by atoms with Crippen LogP contribution in [-0.4, -0.2) is 54.9 Å². The van der Waals surface area contributed by atoms with Crippen molar-refractivity contribution in [1.29, 1.82) is 0 Å². The number of hydrogen-bond donors (Lipinski definition) is 1. The Morgan fingerprint density at radius 2 is 2.11 bits per heavy atom. The van der Waals surface area contributed by atoms with E-state index in [-0.39, 0.29) is 11.9 Å². The van der Waals surface area contributed by atoms with Crippen LogP contribution in [0.15, 0.2) is 4.52 Å². The summed E-state index contributed by atoms with van der Waals surface area (Å²) >= 11 is 0. The van der Waals surface area contributed by atoms with Gasteiger partial charge in [-0.05, 0) is 20.8 Å². The number of amides is 1. The maximum atomic E-state index is 12.1. The maximum Gasteiger partial charge on any atom is 0.257 e. The minimum absolute atomic E-state index is 0.0827. The zero-order chi connectivity index (χ0) is 13.8. The normalized spacial score (nSPS) is 18.3. The summed E-state index contributed by atoms with van der Waals surface area (Å²) in [5.74, 6) is 0.450. The van der Waals surface area contributed by atoms with Crippen LogP contribution in [0.25, 0.3) is 0 Å². The Hall–Kier alpha value is -1.40. The minimum Gasteiger partial charge on any atom is -0.379 e. The lowest BCUT2D eigenvalue weighted by atomic mass is 10.1. The van der Waals surface area contributed by atoms with Crippen molar-refractivity contribution in [3.05, 3.63) is 17.0 Å². The fourth-order valence-corrected chi connectivity index (χ4v) is 2.32. The monoisotopic (exact) mass is 267 g/mol. The first kappa shape index (κ1) is 14.0. The van der Waals surface area contributed by atoms with Gasteiger partial charge in [-0.15, -0.1) is 0 Å². The van der Waals surface area contributed by atoms with E-state index in [1.54, 1.807) is 13.8 Å². The fraction of sp³-hybridized carbons (Fsp3) is 0.692. The van der Waals surface area contributed by atoms with Crippen LogP contribution in [0.2, 0.25) is 0 Å². The number of aromatic nitrogens is 1. The quantitative estimate of drug-likeness (QED) is 0.871. The molecule has 19 heavy (non-hydrogen) atoms. The number of nitrogens with one attached hydrogen (secondary N) is 1. The van der Waals surface area contributed by atoms with E-state index in [4.69, 9.17) is 9.26 Å². The van der Waals surface area contributed by atoms with Crippen LogP contribution < -0.4 is 5.32 Å². The molecular weight excluding hydrogens is 246 g/mol. The summed E-state index contributed by atoms with van der Waals surface area (Å²) in [6.45, 7) is 9.75. The Morgan fingerprint density at radius 3 is 2.68 bits per heavy atom. The van der Waals surface area contributed by atoms with Crippen molar-refractivity contribution in [2.45, 2.75) is 26.8 Å². The molecule has 0 radical (unpaired) electrons. The lowest BCUT2D eigenvalue weighted by Gasteiger charge is -2.29. The predicted molar refractivity (Wildman–Crippen MR) is 70.2 cm³/mol. The van der Waals surface area contributed by atoms with Gasteiger partial charge in [0.25, 0.3) is 5.91 Å². The maximum absolute atomic E-state index is 12.1. The van der Waals surface area contributed by atoms with Gasteiger partial charge in [0, 0.05) is 25.7 Å². The molecule has 1 aromatic rings. The molecule has 1 fully saturated rings. The molecule has 1 aromatic heterocycles. The number of carbonyl (C=O) groups excluding carboxylic acids is 1. The summed E-state index contributed by atoms with van der Waals surface area (Å²) in [4.78, 5) is 14.4. The summed E-state index contributed by atoms with van der Waals surface area (Å²) in [6.07, 6.45) is 0. The SMILES string of the molecule is Cc1noc(C)c1C(=O)NC(C)CN1CCOCC1. The molecule has 1 amide bonds. The van der Waals surface area contributed by atoms with E-state index in [1.807, 2.05) is 6.92 Å². The highest BCUT2D eigenvalue weighted by Crippen LogP contribution is 2.12. The van der Waals surface area contributed by atoms with Crippen LogP contribution in [0, 0.1) is 13.8 Å². The molecule has 1 aliphatic rings. The lowest BCUT2D eigenvalue weighted by Crippen LogP contribution is -2.46. The van der Waals surface area contributed by atoms with Gasteiger partial charge in [-0.25, -0.2) is 0 Å². The number of aryl methyl sites for hydroxylation is 2. The molecule has 0 aromatic carbocycles. The van der Waals surface area contributed by atoms with Gasteiger partial charge in [-0.2, -0.15) is 0 Å². The molecule has 2 heterocycles. The van der Waals surface area contributed by atoms with Crippen molar-refractivity contribution in [3.8, 4) is 0 Å². The van der Waals surface area contributed by atoms with E-state index >= 15 is 0 Å². The highest BCUT2D eigenvalue weighted by molar-refractivity contribution is 5.96. The summed E-state index contributed by atoms with van der Waals surface area (Å²) in [6, 6.07) is 0.0827. The average molecular weight is 267 g/mol. The van der Waals surface area contributed by atoms with Crippen LogP contribution >= 0.6 is 0 Å². The molecule has 2 rings (SSSR count). The first-order chi connectivity index (χ1) is 9.08. The molecule has 106 valence electrons. The Kier molecular flexibility index (Phi) is 4.55. The number of rotatable bonds is 4. The number of ether oxygens (including phenoxy) is 1. The van der Waals surface area contributed by atoms with Crippen LogP contribution in [0.3, 0.4) is 0 Å². The average Bonchev–Trinajstić information content (AvgIpc) is 2.70. The molecule has 1 N–H and O–H groups in total. The van der Waals surface area contributed by atoms with E-state index < -0.39 is 0 Å². The zero-order valence-electron chi connectivity index (χ0n) is 11.7. The van der Waals surface area contributed by atoms with E-state index in [9.17, 15) is 4.79 Å². The molecule has 1 saturated heterocycles. The van der Waals surface area contributed by atoms with Crippen molar-refractivity contribution in [3.63, 3.8) is 0 Å². The fourth-order valence-electron chi connectivity index (χ4n) is 2.32. The van der Waals surface area contributed by atoms with E-state index in [0.717, 1.165) is 32.8 Å². The zero-order valence-corrected chi connectivity index (χ0v) is 11.7. The molecule has 6 heteroatoms. The van der Waals surface area contributed by atoms with E-state index in [0.29, 0.717) is 17.0 Å². The van der Waals surface area contributed by atoms with Gasteiger partial charge in [0.1, 0.15) is 11.3 Å². The van der Waals surface area contributed by atoms with E-state index in [1.165, 1.54) is 0 Å². The number of morpholine rings is 1. The van der Waals surface area contributed by atoms with Crippen LogP contribution in [-0.2, 0) is 4.74 Å². The third-order valence-electron chi connectivity index (χ3n) is 3.27. The molecule has 0 saturated carbocycles. The number of carbonyl (C=O) groups is 1. The van der Waals surface area contributed by atoms with Gasteiger partial charge >= 0.3 is 0 Å². The molecule has 0 bridgehead atoms. The topological polar surface area (TPSA) is 67.6 Å². The van der Waals surface area contributed by atoms with Gasteiger partial charge in [-0.3, -0.25) is 9.69 Å². The van der Waals surface area contributed by atoms with Crippen molar-refractivity contribution in [2.75, 3.05) is 32.8 Å². The number of hydrogen-bond acceptors (Lipinski definition) is 5. The highest BCUT2D eigenvalue weighted by Gasteiger charge is 2.20. The Balaban J connectivity index is 1.88. The van der Waals surface area contributed by atoms with Gasteiger partial charge in [0.2, 0.25) is 0 Å². The largest absolute Gasteiger partial charge is 0.379 e. The van der Waals surface area contributed by atoms with Crippen LogP contribution in [0.5, 0.6) is 0 Å². The third kappa shape index (κ3) is 3.54. The summed E-state index contributed by atoms with van der Waals surface area (Å²) in [5.41, 5.74) is 1.18. The smallest absolute Gasteiger partial charge is 0.257 e. The van der Waals surface area contributed by atoms with Crippen molar-refractivity contribution < 1.29 is 14.1 Å². The minimum atomic E-state index is -0.114. The second-order valence-electron chi connectivity index (χ2n) is 4.99. The number of nitrogens with zero attached hydrogens (tertiary/aromatic N) is 2. The van der Waals surface area contributed by atoms with E-state index in [2.05, 4.69) is 15.4 Å². The van der Waals surface area contributed by atoms with Crippen molar-refractivity contribution >= 4 is 5.91 Å². The molecule has 6 nitrogen and oxygen atoms in total. The van der Waals surface area contributed by atoms with Crippen LogP contribution in [0.4, 0.5) is 0 Å². The molecule has 1 aliphatic heterocycles. The molecule has 1 unspecified atom stereocenters. The Labute approximate surface area is 113 Å². The van der Waals surface area contributed by atoms with Gasteiger partial charge in [0.15, 0.2) is 0 Å². The molecule has 0 aliphatic carbocycles. The molecular formula is C13H21N3O3. The predicted octanol–water partition coefficient (Wildman–Crippen LogP) is 0.742. The molecule has 1 atom stereocenters. The second-order valence-corrected chi connectivity index (χ2v) is 4.99. The second kappa shape index (κ2) is 6.16. The van der Waals surface area contributed by atoms with Crippen molar-refractivity contribution in [2.24, 2.45) is 0 Å². The first-order valence-electron chi connectivity index (χ1n) is 6.61. The third-order valence-corrected chi connectivity index (χ3v) is 3.27. The van der Waals surface area contributed by atoms with Gasteiger partial charge < -0.3 is 14.6 Å². The Bertz CT molecular complexity index is 419. The summed E-state index contributed by atoms with van der Waals surface area (Å²) < 4.78 is 10.3. The summed E-state index contributed by atoms with van der Waals surface area (Å²) in [7, 11) is 0. The Morgan fingerprint density at radius 1 is 1.42 bits per heavy atom. The molecule has 0 spiro atoms. The van der Waals surface area contributed by atoms with Gasteiger partial charge in [0.05, 0.1) is 18.9 Å². The standard InChI is InChI=1S/C13H21N3O3/c1-9(8-16-4-6-18-7-5-16)14-13(17)12-10(2)15-19-11(12)3/h9H,4-8H2,1-3H3,(H,14,17). The highest BCUT2D eigenvalue weighted by atomic mass is 16.5. The lowest BCUT2D eigenvalue weighted by molar-refractivity contribution is 0.0342. The summed E-state index contributed by atoms with van der Waals surface area (Å²) in [5, 5.41) is 6.79.